The Morgan fingerprint density at radius 1 is 1.05 bits per heavy atom. The number of aryl methyl sites for hydroxylation is 1. The molecule has 2 aromatic carbocycles. The molecule has 0 fully saturated rings. The van der Waals surface area contributed by atoms with Crippen LogP contribution in [-0.2, 0) is 5.41 Å². The highest BCUT2D eigenvalue weighted by molar-refractivity contribution is 14.1. The standard InChI is InChI=1S/C17H17B2IO2/c1-9-5-10(8-14(20)15(9)21)17(2,3)11-6-12(18)16(22-4)13(19)7-11/h5-8,21H,1-4H3. The Kier molecular flexibility index (Phi) is 4.85. The van der Waals surface area contributed by atoms with Crippen LogP contribution in [0.25, 0.3) is 0 Å². The van der Waals surface area contributed by atoms with Crippen LogP contribution in [0.4, 0.5) is 0 Å². The SMILES string of the molecule is [B]c1cc(C(C)(C)c2cc(C)c(O)c(I)c2)cc([B])c1OC. The lowest BCUT2D eigenvalue weighted by molar-refractivity contribution is 0.421. The fraction of sp³-hybridized carbons (Fsp3) is 0.294. The van der Waals surface area contributed by atoms with Gasteiger partial charge in [-0.1, -0.05) is 43.0 Å². The molecule has 0 unspecified atom stereocenters. The molecule has 0 heterocycles. The van der Waals surface area contributed by atoms with Crippen molar-refractivity contribution in [3.63, 3.8) is 0 Å². The van der Waals surface area contributed by atoms with Gasteiger partial charge in [-0.15, -0.1) is 0 Å². The van der Waals surface area contributed by atoms with Gasteiger partial charge in [0.25, 0.3) is 0 Å². The monoisotopic (exact) mass is 402 g/mol. The summed E-state index contributed by atoms with van der Waals surface area (Å²) >= 11 is 2.14. The lowest BCUT2D eigenvalue weighted by atomic mass is 9.73. The average Bonchev–Trinajstić information content (AvgIpc) is 2.43. The zero-order chi connectivity index (χ0) is 16.7. The van der Waals surface area contributed by atoms with E-state index in [1.807, 2.05) is 31.2 Å². The largest absolute Gasteiger partial charge is 0.507 e. The lowest BCUT2D eigenvalue weighted by Crippen LogP contribution is -2.27. The molecule has 0 atom stereocenters. The van der Waals surface area contributed by atoms with Crippen molar-refractivity contribution in [2.45, 2.75) is 26.2 Å². The number of halogens is 1. The van der Waals surface area contributed by atoms with E-state index >= 15 is 0 Å². The van der Waals surface area contributed by atoms with Crippen LogP contribution in [0.3, 0.4) is 0 Å². The molecule has 5 heteroatoms. The highest BCUT2D eigenvalue weighted by Gasteiger charge is 2.25. The fourth-order valence-electron chi connectivity index (χ4n) is 2.54. The molecule has 2 rings (SSSR count). The first kappa shape index (κ1) is 17.3. The third-order valence-electron chi connectivity index (χ3n) is 4.05. The van der Waals surface area contributed by atoms with Crippen LogP contribution in [0.15, 0.2) is 24.3 Å². The summed E-state index contributed by atoms with van der Waals surface area (Å²) in [5.41, 5.74) is 3.70. The Balaban J connectivity index is 2.60. The minimum Gasteiger partial charge on any atom is -0.507 e. The Bertz CT molecular complexity index is 681. The van der Waals surface area contributed by atoms with E-state index in [0.29, 0.717) is 22.4 Å². The summed E-state index contributed by atoms with van der Waals surface area (Å²) in [5.74, 6) is 0.838. The zero-order valence-electron chi connectivity index (χ0n) is 13.2. The molecule has 0 saturated carbocycles. The maximum absolute atomic E-state index is 9.96. The predicted octanol–water partition coefficient (Wildman–Crippen LogP) is 2.23. The van der Waals surface area contributed by atoms with Crippen molar-refractivity contribution in [1.29, 1.82) is 0 Å². The molecule has 4 radical (unpaired) electrons. The Morgan fingerprint density at radius 3 is 2.00 bits per heavy atom. The molecule has 0 saturated heterocycles. The van der Waals surface area contributed by atoms with Gasteiger partial charge >= 0.3 is 0 Å². The van der Waals surface area contributed by atoms with Crippen molar-refractivity contribution in [2.24, 2.45) is 0 Å². The summed E-state index contributed by atoms with van der Waals surface area (Å²) in [4.78, 5) is 0. The third-order valence-corrected chi connectivity index (χ3v) is 4.87. The highest BCUT2D eigenvalue weighted by atomic mass is 127. The molecule has 0 aliphatic carbocycles. The Hall–Kier alpha value is -1.10. The summed E-state index contributed by atoms with van der Waals surface area (Å²) < 4.78 is 6.05. The number of aromatic hydroxyl groups is 1. The van der Waals surface area contributed by atoms with Crippen LogP contribution in [0.2, 0.25) is 0 Å². The minimum atomic E-state index is -0.299. The van der Waals surface area contributed by atoms with Crippen molar-refractivity contribution < 1.29 is 9.84 Å². The van der Waals surface area contributed by atoms with Crippen LogP contribution in [0, 0.1) is 10.5 Å². The third kappa shape index (κ3) is 3.00. The van der Waals surface area contributed by atoms with E-state index in [-0.39, 0.29) is 5.41 Å². The second-order valence-corrected chi connectivity index (χ2v) is 7.10. The first-order valence-electron chi connectivity index (χ1n) is 6.91. The van der Waals surface area contributed by atoms with Gasteiger partial charge in [0.15, 0.2) is 0 Å². The second kappa shape index (κ2) is 6.19. The van der Waals surface area contributed by atoms with E-state index in [4.69, 9.17) is 20.4 Å². The van der Waals surface area contributed by atoms with Crippen molar-refractivity contribution in [3.8, 4) is 11.5 Å². The van der Waals surface area contributed by atoms with E-state index in [1.165, 1.54) is 0 Å². The molecule has 2 aromatic rings. The molecule has 0 aromatic heterocycles. The number of hydrogen-bond donors (Lipinski definition) is 1. The van der Waals surface area contributed by atoms with E-state index in [0.717, 1.165) is 20.3 Å². The van der Waals surface area contributed by atoms with Crippen molar-refractivity contribution in [3.05, 3.63) is 44.5 Å². The molecule has 22 heavy (non-hydrogen) atoms. The van der Waals surface area contributed by atoms with E-state index < -0.39 is 0 Å². The number of phenols is 1. The summed E-state index contributed by atoms with van der Waals surface area (Å²) in [6.07, 6.45) is 0. The number of ether oxygens (including phenoxy) is 1. The molecule has 0 aliphatic heterocycles. The van der Waals surface area contributed by atoms with E-state index in [1.54, 1.807) is 7.11 Å². The van der Waals surface area contributed by atoms with Gasteiger partial charge in [0.1, 0.15) is 27.2 Å². The first-order valence-corrected chi connectivity index (χ1v) is 7.99. The van der Waals surface area contributed by atoms with Gasteiger partial charge in [-0.3, -0.25) is 0 Å². The molecular weight excluding hydrogens is 385 g/mol. The van der Waals surface area contributed by atoms with Gasteiger partial charge in [-0.2, -0.15) is 0 Å². The Morgan fingerprint density at radius 2 is 1.55 bits per heavy atom. The van der Waals surface area contributed by atoms with Crippen molar-refractivity contribution in [2.75, 3.05) is 7.11 Å². The smallest absolute Gasteiger partial charge is 0.131 e. The average molecular weight is 402 g/mol. The van der Waals surface area contributed by atoms with Gasteiger partial charge in [-0.05, 0) is 52.3 Å². The first-order chi connectivity index (χ1) is 10.2. The molecule has 110 valence electrons. The van der Waals surface area contributed by atoms with Crippen LogP contribution >= 0.6 is 22.6 Å². The Labute approximate surface area is 148 Å². The maximum Gasteiger partial charge on any atom is 0.131 e. The highest BCUT2D eigenvalue weighted by Crippen LogP contribution is 2.35. The number of benzene rings is 2. The summed E-state index contributed by atoms with van der Waals surface area (Å²) in [7, 11) is 13.6. The van der Waals surface area contributed by atoms with Gasteiger partial charge in [0.05, 0.1) is 10.7 Å². The van der Waals surface area contributed by atoms with Gasteiger partial charge in [0, 0.05) is 5.41 Å². The molecule has 0 bridgehead atoms. The molecule has 0 amide bonds. The minimum absolute atomic E-state index is 0.299. The van der Waals surface area contributed by atoms with Crippen LogP contribution in [0.1, 0.15) is 30.5 Å². The molecule has 0 aliphatic rings. The maximum atomic E-state index is 9.96. The van der Waals surface area contributed by atoms with Gasteiger partial charge in [0.2, 0.25) is 0 Å². The quantitative estimate of drug-likeness (QED) is 0.631. The van der Waals surface area contributed by atoms with Crippen molar-refractivity contribution >= 4 is 49.2 Å². The van der Waals surface area contributed by atoms with Gasteiger partial charge < -0.3 is 9.84 Å². The molecule has 0 spiro atoms. The fourth-order valence-corrected chi connectivity index (χ4v) is 3.30. The summed E-state index contributed by atoms with van der Waals surface area (Å²) in [5, 5.41) is 9.96. The van der Waals surface area contributed by atoms with Crippen LogP contribution < -0.4 is 15.7 Å². The second-order valence-electron chi connectivity index (χ2n) is 5.94. The van der Waals surface area contributed by atoms with Crippen molar-refractivity contribution in [1.82, 2.24) is 0 Å². The summed E-state index contributed by atoms with van der Waals surface area (Å²) in [6.45, 7) is 6.11. The molecule has 2 nitrogen and oxygen atoms in total. The zero-order valence-corrected chi connectivity index (χ0v) is 15.4. The number of rotatable bonds is 3. The topological polar surface area (TPSA) is 29.5 Å². The number of methoxy groups -OCH3 is 1. The molecular formula is C17H17B2IO2. The van der Waals surface area contributed by atoms with E-state index in [9.17, 15) is 5.11 Å². The number of hydrogen-bond acceptors (Lipinski definition) is 2. The summed E-state index contributed by atoms with van der Waals surface area (Å²) in [6, 6.07) is 7.77. The predicted molar refractivity (Wildman–Crippen MR) is 101 cm³/mol. The molecule has 1 N–H and O–H groups in total. The van der Waals surface area contributed by atoms with Crippen LogP contribution in [0.5, 0.6) is 11.5 Å². The number of phenolic OH excluding ortho intramolecular Hbond substituents is 1. The van der Waals surface area contributed by atoms with Crippen LogP contribution in [-0.4, -0.2) is 27.9 Å². The van der Waals surface area contributed by atoms with Gasteiger partial charge in [-0.25, -0.2) is 0 Å². The normalized spacial score (nSPS) is 11.5. The van der Waals surface area contributed by atoms with E-state index in [2.05, 4.69) is 36.4 Å². The lowest BCUT2D eigenvalue weighted by Gasteiger charge is -2.29.